The lowest BCUT2D eigenvalue weighted by atomic mass is 10.3. The highest BCUT2D eigenvalue weighted by molar-refractivity contribution is 5.86. The monoisotopic (exact) mass is 196 g/mol. The van der Waals surface area contributed by atoms with Crippen molar-refractivity contribution in [1.29, 1.82) is 0 Å². The molecule has 1 aromatic rings. The van der Waals surface area contributed by atoms with Crippen molar-refractivity contribution in [2.75, 3.05) is 5.32 Å². The molecule has 0 unspecified atom stereocenters. The first-order valence-corrected chi connectivity index (χ1v) is 4.37. The number of carbonyl (C=O) groups excluding carboxylic acids is 1. The van der Waals surface area contributed by atoms with Crippen molar-refractivity contribution in [2.45, 2.75) is 26.7 Å². The topological polar surface area (TPSA) is 87.7 Å². The third-order valence-electron chi connectivity index (χ3n) is 1.55. The first-order valence-electron chi connectivity index (χ1n) is 4.37. The summed E-state index contributed by atoms with van der Waals surface area (Å²) in [5.74, 6) is -0.208. The Kier molecular flexibility index (Phi) is 3.33. The van der Waals surface area contributed by atoms with E-state index in [1.54, 1.807) is 0 Å². The number of nitrogens with zero attached hydrogens (tertiary/aromatic N) is 2. The van der Waals surface area contributed by atoms with Crippen LogP contribution in [-0.2, 0) is 11.2 Å². The largest absolute Gasteiger partial charge is 0.295 e. The van der Waals surface area contributed by atoms with Crippen LogP contribution >= 0.6 is 0 Å². The summed E-state index contributed by atoms with van der Waals surface area (Å²) >= 11 is 0. The van der Waals surface area contributed by atoms with Crippen molar-refractivity contribution >= 4 is 11.9 Å². The molecular formula is C8H12N4O2. The summed E-state index contributed by atoms with van der Waals surface area (Å²) in [5, 5.41) is 9.72. The number of aromatic nitrogens is 3. The quantitative estimate of drug-likeness (QED) is 0.716. The van der Waals surface area contributed by atoms with E-state index in [1.165, 1.54) is 6.92 Å². The van der Waals surface area contributed by atoms with Crippen LogP contribution in [0, 0.1) is 0 Å². The molecule has 0 bridgehead atoms. The molecule has 76 valence electrons. The third kappa shape index (κ3) is 2.65. The van der Waals surface area contributed by atoms with Crippen molar-refractivity contribution in [3.8, 4) is 0 Å². The lowest BCUT2D eigenvalue weighted by Gasteiger charge is -2.00. The first kappa shape index (κ1) is 10.4. The van der Waals surface area contributed by atoms with Crippen LogP contribution in [0.1, 0.15) is 26.0 Å². The fraction of sp³-hybridized carbons (Fsp3) is 0.500. The second kappa shape index (κ2) is 4.50. The van der Waals surface area contributed by atoms with Crippen LogP contribution in [0.5, 0.6) is 0 Å². The number of aromatic amines is 1. The van der Waals surface area contributed by atoms with Gasteiger partial charge in [-0.3, -0.25) is 19.9 Å². The number of nitrogens with one attached hydrogen (secondary N) is 2. The van der Waals surface area contributed by atoms with Gasteiger partial charge in [0.25, 0.3) is 5.56 Å². The number of H-pyrrole nitrogens is 1. The van der Waals surface area contributed by atoms with Crippen molar-refractivity contribution in [3.05, 3.63) is 16.0 Å². The van der Waals surface area contributed by atoms with E-state index in [-0.39, 0.29) is 17.4 Å². The maximum atomic E-state index is 11.3. The van der Waals surface area contributed by atoms with Crippen LogP contribution in [0.15, 0.2) is 4.79 Å². The molecule has 2 N–H and O–H groups in total. The third-order valence-corrected chi connectivity index (χ3v) is 1.55. The van der Waals surface area contributed by atoms with Crippen molar-refractivity contribution in [3.63, 3.8) is 0 Å². The van der Waals surface area contributed by atoms with Gasteiger partial charge in [-0.05, 0) is 6.42 Å². The lowest BCUT2D eigenvalue weighted by molar-refractivity contribution is -0.114. The predicted molar refractivity (Wildman–Crippen MR) is 51.0 cm³/mol. The van der Waals surface area contributed by atoms with Gasteiger partial charge in [-0.1, -0.05) is 13.3 Å². The zero-order valence-corrected chi connectivity index (χ0v) is 8.13. The summed E-state index contributed by atoms with van der Waals surface area (Å²) in [6.45, 7) is 3.28. The first-order chi connectivity index (χ1) is 6.63. The van der Waals surface area contributed by atoms with Crippen molar-refractivity contribution < 1.29 is 4.79 Å². The molecule has 0 atom stereocenters. The summed E-state index contributed by atoms with van der Waals surface area (Å²) in [6.07, 6.45) is 1.42. The highest BCUT2D eigenvalue weighted by atomic mass is 16.2. The molecule has 0 saturated carbocycles. The van der Waals surface area contributed by atoms with E-state index in [2.05, 4.69) is 20.5 Å². The highest BCUT2D eigenvalue weighted by Gasteiger charge is 2.03. The van der Waals surface area contributed by atoms with Gasteiger partial charge in [0.05, 0.1) is 0 Å². The number of carbonyl (C=O) groups is 1. The number of hydrogen-bond donors (Lipinski definition) is 2. The molecule has 0 saturated heterocycles. The molecule has 6 heteroatoms. The van der Waals surface area contributed by atoms with Crippen LogP contribution in [0.4, 0.5) is 5.95 Å². The summed E-state index contributed by atoms with van der Waals surface area (Å²) < 4.78 is 0. The smallest absolute Gasteiger partial charge is 0.274 e. The molecular weight excluding hydrogens is 184 g/mol. The molecule has 14 heavy (non-hydrogen) atoms. The van der Waals surface area contributed by atoms with Crippen molar-refractivity contribution in [2.24, 2.45) is 0 Å². The van der Waals surface area contributed by atoms with Gasteiger partial charge in [-0.15, -0.1) is 10.2 Å². The van der Waals surface area contributed by atoms with E-state index in [4.69, 9.17) is 0 Å². The number of amides is 1. The molecule has 1 rings (SSSR count). The van der Waals surface area contributed by atoms with Crippen LogP contribution < -0.4 is 10.9 Å². The molecule has 6 nitrogen and oxygen atoms in total. The Morgan fingerprint density at radius 1 is 1.50 bits per heavy atom. The number of aryl methyl sites for hydroxylation is 1. The average Bonchev–Trinajstić information content (AvgIpc) is 2.09. The Labute approximate surface area is 80.8 Å². The van der Waals surface area contributed by atoms with Crippen LogP contribution in [0.3, 0.4) is 0 Å². The van der Waals surface area contributed by atoms with Gasteiger partial charge in [0, 0.05) is 6.92 Å². The van der Waals surface area contributed by atoms with Gasteiger partial charge in [0.15, 0.2) is 0 Å². The molecule has 1 amide bonds. The average molecular weight is 196 g/mol. The van der Waals surface area contributed by atoms with Gasteiger partial charge in [-0.2, -0.15) is 0 Å². The minimum Gasteiger partial charge on any atom is -0.295 e. The van der Waals surface area contributed by atoms with Gasteiger partial charge >= 0.3 is 0 Å². The van der Waals surface area contributed by atoms with E-state index in [9.17, 15) is 9.59 Å². The number of anilines is 1. The van der Waals surface area contributed by atoms with E-state index >= 15 is 0 Å². The summed E-state index contributed by atoms with van der Waals surface area (Å²) in [6, 6.07) is 0. The molecule has 0 radical (unpaired) electrons. The molecule has 1 heterocycles. The second-order valence-electron chi connectivity index (χ2n) is 2.88. The maximum Gasteiger partial charge on any atom is 0.274 e. The Balaban J connectivity index is 2.89. The summed E-state index contributed by atoms with van der Waals surface area (Å²) in [5.41, 5.74) is 0.0900. The zero-order chi connectivity index (χ0) is 10.6. The fourth-order valence-electron chi connectivity index (χ4n) is 0.984. The molecule has 0 aromatic carbocycles. The Bertz CT molecular complexity index is 385. The van der Waals surface area contributed by atoms with Crippen LogP contribution in [-0.4, -0.2) is 21.1 Å². The molecule has 0 aliphatic heterocycles. The van der Waals surface area contributed by atoms with Gasteiger partial charge in [-0.25, -0.2) is 0 Å². The molecule has 1 aromatic heterocycles. The Morgan fingerprint density at radius 2 is 2.21 bits per heavy atom. The Morgan fingerprint density at radius 3 is 2.71 bits per heavy atom. The standard InChI is InChI=1S/C8H12N4O2/c1-3-4-6-7(14)10-8(12-11-6)9-5(2)13/h3-4H2,1-2H3,(H2,9,10,12,13,14). The van der Waals surface area contributed by atoms with E-state index < -0.39 is 0 Å². The molecule has 0 fully saturated rings. The Hall–Kier alpha value is -1.72. The maximum absolute atomic E-state index is 11.3. The SMILES string of the molecule is CCCc1nnc(NC(C)=O)[nH]c1=O. The molecule has 0 aliphatic rings. The minimum absolute atomic E-state index is 0.0855. The normalized spacial score (nSPS) is 9.86. The van der Waals surface area contributed by atoms with Gasteiger partial charge in [0.2, 0.25) is 11.9 Å². The van der Waals surface area contributed by atoms with Crippen LogP contribution in [0.25, 0.3) is 0 Å². The summed E-state index contributed by atoms with van der Waals surface area (Å²) in [4.78, 5) is 24.4. The number of rotatable bonds is 3. The predicted octanol–water partition coefficient (Wildman–Crippen LogP) is 0.0758. The van der Waals surface area contributed by atoms with E-state index in [0.717, 1.165) is 6.42 Å². The highest BCUT2D eigenvalue weighted by Crippen LogP contribution is 1.93. The minimum atomic E-state index is -0.300. The lowest BCUT2D eigenvalue weighted by Crippen LogP contribution is -2.20. The zero-order valence-electron chi connectivity index (χ0n) is 8.13. The van der Waals surface area contributed by atoms with Gasteiger partial charge in [0.1, 0.15) is 5.69 Å². The van der Waals surface area contributed by atoms with Crippen molar-refractivity contribution in [1.82, 2.24) is 15.2 Å². The van der Waals surface area contributed by atoms with E-state index in [1.807, 2.05) is 6.92 Å². The number of hydrogen-bond acceptors (Lipinski definition) is 4. The molecule has 0 spiro atoms. The van der Waals surface area contributed by atoms with E-state index in [0.29, 0.717) is 12.1 Å². The fourth-order valence-corrected chi connectivity index (χ4v) is 0.984. The molecule has 0 aliphatic carbocycles. The summed E-state index contributed by atoms with van der Waals surface area (Å²) in [7, 11) is 0. The van der Waals surface area contributed by atoms with Crippen LogP contribution in [0.2, 0.25) is 0 Å². The van der Waals surface area contributed by atoms with Gasteiger partial charge < -0.3 is 0 Å². The second-order valence-corrected chi connectivity index (χ2v) is 2.88.